The van der Waals surface area contributed by atoms with Crippen LogP contribution in [0.5, 0.6) is 0 Å². The highest BCUT2D eigenvalue weighted by atomic mass is 79.9. The lowest BCUT2D eigenvalue weighted by molar-refractivity contribution is 0.0806. The second-order valence-corrected chi connectivity index (χ2v) is 7.69. The second-order valence-electron chi connectivity index (χ2n) is 5.23. The van der Waals surface area contributed by atoms with Crippen molar-refractivity contribution in [2.24, 2.45) is 5.73 Å². The molecule has 114 valence electrons. The van der Waals surface area contributed by atoms with Gasteiger partial charge < -0.3 is 15.1 Å². The van der Waals surface area contributed by atoms with E-state index in [0.29, 0.717) is 30.9 Å². The summed E-state index contributed by atoms with van der Waals surface area (Å²) in [6, 6.07) is 4.30. The Labute approximate surface area is 136 Å². The summed E-state index contributed by atoms with van der Waals surface area (Å²) in [5.41, 5.74) is 5.87. The molecular weight excluding hydrogens is 354 g/mol. The number of hydrogen-bond donors (Lipinski definition) is 1. The Kier molecular flexibility index (Phi) is 4.70. The van der Waals surface area contributed by atoms with E-state index in [-0.39, 0.29) is 0 Å². The molecule has 6 nitrogen and oxygen atoms in total. The first-order valence-corrected chi connectivity index (χ1v) is 8.47. The Morgan fingerprint density at radius 1 is 1.43 bits per heavy atom. The van der Waals surface area contributed by atoms with Gasteiger partial charge in [0, 0.05) is 32.2 Å². The summed E-state index contributed by atoms with van der Waals surface area (Å²) in [5, 5.41) is 8.30. The molecular formula is C13H18BrN5OS. The highest BCUT2D eigenvalue weighted by Crippen LogP contribution is 2.30. The van der Waals surface area contributed by atoms with Crippen molar-refractivity contribution in [3.63, 3.8) is 0 Å². The number of halogens is 1. The molecule has 0 saturated carbocycles. The monoisotopic (exact) mass is 371 g/mol. The molecule has 1 aliphatic heterocycles. The van der Waals surface area contributed by atoms with Crippen molar-refractivity contribution >= 4 is 27.3 Å². The van der Waals surface area contributed by atoms with Crippen molar-refractivity contribution < 1.29 is 4.42 Å². The molecule has 1 fully saturated rings. The SMILES string of the molecule is CN1CCN(Cc2nnc(-c3ccc(Br)s3)o2)C(CN)C1. The van der Waals surface area contributed by atoms with E-state index in [1.807, 2.05) is 12.1 Å². The van der Waals surface area contributed by atoms with Gasteiger partial charge in [0.05, 0.1) is 15.2 Å². The lowest BCUT2D eigenvalue weighted by atomic mass is 10.2. The summed E-state index contributed by atoms with van der Waals surface area (Å²) in [5.74, 6) is 1.23. The maximum atomic E-state index is 5.87. The Bertz CT molecular complexity index is 601. The Hall–Kier alpha value is -0.800. The molecule has 0 aliphatic carbocycles. The van der Waals surface area contributed by atoms with Gasteiger partial charge in [-0.3, -0.25) is 4.90 Å². The van der Waals surface area contributed by atoms with Gasteiger partial charge in [0.25, 0.3) is 5.89 Å². The number of thiophene rings is 1. The van der Waals surface area contributed by atoms with Gasteiger partial charge in [0.1, 0.15) is 0 Å². The van der Waals surface area contributed by atoms with Crippen molar-refractivity contribution in [3.05, 3.63) is 21.8 Å². The third-order valence-corrected chi connectivity index (χ3v) is 5.28. The number of nitrogens with zero attached hydrogens (tertiary/aromatic N) is 4. The lowest BCUT2D eigenvalue weighted by Crippen LogP contribution is -2.54. The van der Waals surface area contributed by atoms with Gasteiger partial charge in [-0.1, -0.05) is 0 Å². The lowest BCUT2D eigenvalue weighted by Gasteiger charge is -2.38. The molecule has 8 heteroatoms. The van der Waals surface area contributed by atoms with Crippen molar-refractivity contribution in [1.29, 1.82) is 0 Å². The molecule has 2 aromatic rings. The number of hydrogen-bond acceptors (Lipinski definition) is 7. The summed E-state index contributed by atoms with van der Waals surface area (Å²) >= 11 is 5.03. The maximum Gasteiger partial charge on any atom is 0.257 e. The molecule has 1 aliphatic rings. The van der Waals surface area contributed by atoms with Crippen LogP contribution in [0.3, 0.4) is 0 Å². The molecule has 0 spiro atoms. The number of piperazine rings is 1. The van der Waals surface area contributed by atoms with E-state index in [1.165, 1.54) is 0 Å². The van der Waals surface area contributed by atoms with E-state index in [2.05, 4.69) is 43.0 Å². The van der Waals surface area contributed by atoms with Crippen molar-refractivity contribution in [3.8, 4) is 10.8 Å². The van der Waals surface area contributed by atoms with E-state index >= 15 is 0 Å². The molecule has 3 heterocycles. The molecule has 0 amide bonds. The molecule has 0 radical (unpaired) electrons. The molecule has 1 unspecified atom stereocenters. The third kappa shape index (κ3) is 3.51. The Morgan fingerprint density at radius 2 is 2.29 bits per heavy atom. The Balaban J connectivity index is 1.69. The van der Waals surface area contributed by atoms with Gasteiger partial charge in [0.2, 0.25) is 5.89 Å². The zero-order valence-electron chi connectivity index (χ0n) is 11.8. The summed E-state index contributed by atoms with van der Waals surface area (Å²) in [4.78, 5) is 5.60. The van der Waals surface area contributed by atoms with Crippen LogP contribution in [0.4, 0.5) is 0 Å². The van der Waals surface area contributed by atoms with Crippen molar-refractivity contribution in [1.82, 2.24) is 20.0 Å². The van der Waals surface area contributed by atoms with Gasteiger partial charge in [0.15, 0.2) is 0 Å². The highest BCUT2D eigenvalue weighted by Gasteiger charge is 2.25. The van der Waals surface area contributed by atoms with Crippen molar-refractivity contribution in [2.45, 2.75) is 12.6 Å². The predicted molar refractivity (Wildman–Crippen MR) is 86.1 cm³/mol. The van der Waals surface area contributed by atoms with E-state index in [1.54, 1.807) is 11.3 Å². The topological polar surface area (TPSA) is 71.4 Å². The molecule has 21 heavy (non-hydrogen) atoms. The van der Waals surface area contributed by atoms with Gasteiger partial charge in [-0.05, 0) is 35.1 Å². The van der Waals surface area contributed by atoms with Crippen LogP contribution in [-0.2, 0) is 6.54 Å². The normalized spacial score (nSPS) is 21.0. The molecule has 0 aromatic carbocycles. The molecule has 3 rings (SSSR count). The number of aromatic nitrogens is 2. The first-order chi connectivity index (χ1) is 10.2. The fourth-order valence-corrected chi connectivity index (χ4v) is 3.81. The highest BCUT2D eigenvalue weighted by molar-refractivity contribution is 9.11. The Morgan fingerprint density at radius 3 is 3.00 bits per heavy atom. The van der Waals surface area contributed by atoms with Gasteiger partial charge in [-0.15, -0.1) is 21.5 Å². The number of nitrogens with two attached hydrogens (primary N) is 1. The third-order valence-electron chi connectivity index (χ3n) is 3.67. The van der Waals surface area contributed by atoms with Crippen LogP contribution in [0.15, 0.2) is 20.3 Å². The minimum Gasteiger partial charge on any atom is -0.419 e. The zero-order chi connectivity index (χ0) is 14.8. The quantitative estimate of drug-likeness (QED) is 0.880. The summed E-state index contributed by atoms with van der Waals surface area (Å²) in [7, 11) is 2.12. The summed E-state index contributed by atoms with van der Waals surface area (Å²) < 4.78 is 6.83. The fraction of sp³-hybridized carbons (Fsp3) is 0.538. The van der Waals surface area contributed by atoms with Crippen molar-refractivity contribution in [2.75, 3.05) is 33.2 Å². The number of likely N-dealkylation sites (N-methyl/N-ethyl adjacent to an activating group) is 1. The summed E-state index contributed by atoms with van der Waals surface area (Å²) in [6.07, 6.45) is 0. The average Bonchev–Trinajstić information content (AvgIpc) is 3.09. The average molecular weight is 372 g/mol. The smallest absolute Gasteiger partial charge is 0.257 e. The maximum absolute atomic E-state index is 5.87. The van der Waals surface area contributed by atoms with Crippen LogP contribution in [0.1, 0.15) is 5.89 Å². The standard InChI is InChI=1S/C13H18BrN5OS/c1-18-4-5-19(9(6-15)7-18)8-12-16-17-13(20-12)10-2-3-11(14)21-10/h2-3,9H,4-8,15H2,1H3. The number of rotatable bonds is 4. The largest absolute Gasteiger partial charge is 0.419 e. The van der Waals surface area contributed by atoms with Gasteiger partial charge >= 0.3 is 0 Å². The minimum atomic E-state index is 0.343. The van der Waals surface area contributed by atoms with Crippen LogP contribution in [0.2, 0.25) is 0 Å². The van der Waals surface area contributed by atoms with E-state index in [0.717, 1.165) is 28.3 Å². The second kappa shape index (κ2) is 6.53. The fourth-order valence-electron chi connectivity index (χ4n) is 2.50. The van der Waals surface area contributed by atoms with Crippen LogP contribution >= 0.6 is 27.3 Å². The van der Waals surface area contributed by atoms with Crippen LogP contribution in [0.25, 0.3) is 10.8 Å². The van der Waals surface area contributed by atoms with E-state index in [4.69, 9.17) is 10.2 Å². The zero-order valence-corrected chi connectivity index (χ0v) is 14.2. The molecule has 2 N–H and O–H groups in total. The first kappa shape index (κ1) is 15.1. The molecule has 2 aromatic heterocycles. The van der Waals surface area contributed by atoms with Crippen LogP contribution in [-0.4, -0.2) is 59.3 Å². The first-order valence-electron chi connectivity index (χ1n) is 6.86. The van der Waals surface area contributed by atoms with Gasteiger partial charge in [-0.2, -0.15) is 0 Å². The molecule has 1 atom stereocenters. The van der Waals surface area contributed by atoms with E-state index in [9.17, 15) is 0 Å². The molecule has 0 bridgehead atoms. The van der Waals surface area contributed by atoms with Crippen LogP contribution < -0.4 is 5.73 Å². The summed E-state index contributed by atoms with van der Waals surface area (Å²) in [6.45, 7) is 4.30. The van der Waals surface area contributed by atoms with Crippen LogP contribution in [0, 0.1) is 0 Å². The predicted octanol–water partition coefficient (Wildman–Crippen LogP) is 1.64. The van der Waals surface area contributed by atoms with E-state index < -0.39 is 0 Å². The minimum absolute atomic E-state index is 0.343. The van der Waals surface area contributed by atoms with Gasteiger partial charge in [-0.25, -0.2) is 0 Å². The molecule has 1 saturated heterocycles.